The van der Waals surface area contributed by atoms with E-state index in [2.05, 4.69) is 15.9 Å². The highest BCUT2D eigenvalue weighted by atomic mass is 79.9. The standard InChI is InChI=1S/C10H7BrO2S/c1-13-7-2-6(4-12)10-8(3-7)9(11)5-14-10/h2-5H,1H3. The number of benzene rings is 1. The van der Waals surface area contributed by atoms with Crippen LogP contribution < -0.4 is 4.74 Å². The van der Waals surface area contributed by atoms with E-state index in [0.29, 0.717) is 11.3 Å². The summed E-state index contributed by atoms with van der Waals surface area (Å²) in [5.41, 5.74) is 0.676. The molecular weight excluding hydrogens is 264 g/mol. The first-order valence-corrected chi connectivity index (χ1v) is 5.63. The van der Waals surface area contributed by atoms with E-state index in [9.17, 15) is 4.79 Å². The molecule has 2 aromatic rings. The number of fused-ring (bicyclic) bond motifs is 1. The zero-order valence-corrected chi connectivity index (χ0v) is 9.81. The zero-order chi connectivity index (χ0) is 10.1. The minimum atomic E-state index is 0.676. The van der Waals surface area contributed by atoms with Gasteiger partial charge >= 0.3 is 0 Å². The Hall–Kier alpha value is -0.870. The molecule has 72 valence electrons. The van der Waals surface area contributed by atoms with Crippen LogP contribution in [0.1, 0.15) is 10.4 Å². The Labute approximate surface area is 93.6 Å². The fourth-order valence-electron chi connectivity index (χ4n) is 1.31. The SMILES string of the molecule is COc1cc(C=O)c2scc(Br)c2c1. The van der Waals surface area contributed by atoms with Gasteiger partial charge in [-0.2, -0.15) is 0 Å². The lowest BCUT2D eigenvalue weighted by molar-refractivity contribution is 0.112. The molecule has 0 aliphatic carbocycles. The molecule has 0 amide bonds. The van der Waals surface area contributed by atoms with Gasteiger partial charge in [0.05, 0.1) is 7.11 Å². The van der Waals surface area contributed by atoms with Gasteiger partial charge in [-0.3, -0.25) is 4.79 Å². The lowest BCUT2D eigenvalue weighted by Crippen LogP contribution is -1.86. The van der Waals surface area contributed by atoms with E-state index in [0.717, 1.165) is 20.8 Å². The van der Waals surface area contributed by atoms with E-state index in [1.165, 1.54) is 0 Å². The summed E-state index contributed by atoms with van der Waals surface area (Å²) in [7, 11) is 1.59. The normalized spacial score (nSPS) is 10.4. The third-order valence-corrected chi connectivity index (χ3v) is 4.00. The number of methoxy groups -OCH3 is 1. The predicted molar refractivity (Wildman–Crippen MR) is 61.5 cm³/mol. The van der Waals surface area contributed by atoms with Gasteiger partial charge in [0.1, 0.15) is 5.75 Å². The van der Waals surface area contributed by atoms with Crippen molar-refractivity contribution in [3.8, 4) is 5.75 Å². The Morgan fingerprint density at radius 1 is 1.50 bits per heavy atom. The van der Waals surface area contributed by atoms with Gasteiger partial charge in [0.15, 0.2) is 6.29 Å². The number of aldehydes is 1. The molecular formula is C10H7BrO2S. The molecule has 0 radical (unpaired) electrons. The molecule has 0 saturated carbocycles. The van der Waals surface area contributed by atoms with Crippen molar-refractivity contribution in [3.05, 3.63) is 27.5 Å². The summed E-state index contributed by atoms with van der Waals surface area (Å²) in [6.45, 7) is 0. The van der Waals surface area contributed by atoms with Crippen LogP contribution in [0, 0.1) is 0 Å². The molecule has 0 N–H and O–H groups in total. The summed E-state index contributed by atoms with van der Waals surface area (Å²) in [6, 6.07) is 3.67. The number of carbonyl (C=O) groups is 1. The van der Waals surface area contributed by atoms with Crippen molar-refractivity contribution in [1.82, 2.24) is 0 Å². The Balaban J connectivity index is 2.82. The van der Waals surface area contributed by atoms with Crippen molar-refractivity contribution in [2.75, 3.05) is 7.11 Å². The second kappa shape index (κ2) is 3.71. The van der Waals surface area contributed by atoms with Crippen molar-refractivity contribution in [1.29, 1.82) is 0 Å². The highest BCUT2D eigenvalue weighted by molar-refractivity contribution is 9.10. The van der Waals surface area contributed by atoms with Crippen molar-refractivity contribution in [2.45, 2.75) is 0 Å². The molecule has 2 nitrogen and oxygen atoms in total. The van der Waals surface area contributed by atoms with Crippen LogP contribution in [0.15, 0.2) is 22.0 Å². The molecule has 1 aromatic carbocycles. The molecule has 0 bridgehead atoms. The van der Waals surface area contributed by atoms with E-state index in [4.69, 9.17) is 4.74 Å². The number of hydrogen-bond acceptors (Lipinski definition) is 3. The molecule has 0 aliphatic rings. The van der Waals surface area contributed by atoms with E-state index in [1.54, 1.807) is 24.5 Å². The Morgan fingerprint density at radius 3 is 2.93 bits per heavy atom. The van der Waals surface area contributed by atoms with E-state index in [-0.39, 0.29) is 0 Å². The summed E-state index contributed by atoms with van der Waals surface area (Å²) >= 11 is 4.98. The fourth-order valence-corrected chi connectivity index (χ4v) is 2.92. The van der Waals surface area contributed by atoms with Crippen molar-refractivity contribution in [3.63, 3.8) is 0 Å². The largest absolute Gasteiger partial charge is 0.497 e. The maximum Gasteiger partial charge on any atom is 0.151 e. The molecule has 0 aliphatic heterocycles. The molecule has 0 spiro atoms. The monoisotopic (exact) mass is 270 g/mol. The highest BCUT2D eigenvalue weighted by Gasteiger charge is 2.08. The van der Waals surface area contributed by atoms with Gasteiger partial charge in [-0.25, -0.2) is 0 Å². The zero-order valence-electron chi connectivity index (χ0n) is 7.41. The van der Waals surface area contributed by atoms with Gasteiger partial charge in [0.2, 0.25) is 0 Å². The molecule has 0 atom stereocenters. The van der Waals surface area contributed by atoms with Crippen LogP contribution in [-0.2, 0) is 0 Å². The molecule has 0 unspecified atom stereocenters. The summed E-state index contributed by atoms with van der Waals surface area (Å²) in [5.74, 6) is 0.707. The van der Waals surface area contributed by atoms with E-state index in [1.807, 2.05) is 11.4 Å². The molecule has 1 aromatic heterocycles. The number of carbonyl (C=O) groups excluding carboxylic acids is 1. The minimum absolute atomic E-state index is 0.676. The van der Waals surface area contributed by atoms with Crippen LogP contribution in [0.2, 0.25) is 0 Å². The summed E-state index contributed by atoms with van der Waals surface area (Å²) < 4.78 is 7.11. The van der Waals surface area contributed by atoms with Crippen LogP contribution in [0.4, 0.5) is 0 Å². The van der Waals surface area contributed by atoms with Gasteiger partial charge in [-0.05, 0) is 28.1 Å². The Kier molecular flexibility index (Phi) is 2.56. The highest BCUT2D eigenvalue weighted by Crippen LogP contribution is 2.35. The lowest BCUT2D eigenvalue weighted by atomic mass is 10.2. The quantitative estimate of drug-likeness (QED) is 0.781. The summed E-state index contributed by atoms with van der Waals surface area (Å²) in [4.78, 5) is 10.8. The second-order valence-corrected chi connectivity index (χ2v) is 4.53. The molecule has 4 heteroatoms. The first-order valence-electron chi connectivity index (χ1n) is 3.96. The van der Waals surface area contributed by atoms with E-state index < -0.39 is 0 Å². The van der Waals surface area contributed by atoms with Crippen LogP contribution in [0.5, 0.6) is 5.75 Å². The summed E-state index contributed by atoms with van der Waals surface area (Å²) in [5, 5.41) is 2.99. The van der Waals surface area contributed by atoms with Gasteiger partial charge in [0, 0.05) is 25.5 Å². The maximum absolute atomic E-state index is 10.8. The first-order chi connectivity index (χ1) is 6.76. The minimum Gasteiger partial charge on any atom is -0.497 e. The smallest absolute Gasteiger partial charge is 0.151 e. The van der Waals surface area contributed by atoms with E-state index >= 15 is 0 Å². The van der Waals surface area contributed by atoms with Crippen LogP contribution in [-0.4, -0.2) is 13.4 Å². The van der Waals surface area contributed by atoms with Crippen molar-refractivity contribution >= 4 is 43.6 Å². The average Bonchev–Trinajstić information content (AvgIpc) is 2.59. The predicted octanol–water partition coefficient (Wildman–Crippen LogP) is 3.48. The number of ether oxygens (including phenoxy) is 1. The molecule has 0 saturated heterocycles. The van der Waals surface area contributed by atoms with Gasteiger partial charge in [-0.1, -0.05) is 0 Å². The third-order valence-electron chi connectivity index (χ3n) is 1.99. The Morgan fingerprint density at radius 2 is 2.29 bits per heavy atom. The summed E-state index contributed by atoms with van der Waals surface area (Å²) in [6.07, 6.45) is 0.855. The maximum atomic E-state index is 10.8. The number of thiophene rings is 1. The molecule has 0 fully saturated rings. The Bertz CT molecular complexity index is 490. The number of rotatable bonds is 2. The van der Waals surface area contributed by atoms with Gasteiger partial charge in [0.25, 0.3) is 0 Å². The topological polar surface area (TPSA) is 26.3 Å². The fraction of sp³-hybridized carbons (Fsp3) is 0.100. The van der Waals surface area contributed by atoms with Crippen molar-refractivity contribution < 1.29 is 9.53 Å². The first kappa shape index (κ1) is 9.68. The van der Waals surface area contributed by atoms with Crippen molar-refractivity contribution in [2.24, 2.45) is 0 Å². The van der Waals surface area contributed by atoms with Gasteiger partial charge in [-0.15, -0.1) is 11.3 Å². The van der Waals surface area contributed by atoms with Crippen LogP contribution >= 0.6 is 27.3 Å². The molecule has 1 heterocycles. The van der Waals surface area contributed by atoms with Crippen LogP contribution in [0.25, 0.3) is 10.1 Å². The lowest BCUT2D eigenvalue weighted by Gasteiger charge is -2.01. The van der Waals surface area contributed by atoms with Gasteiger partial charge < -0.3 is 4.74 Å². The number of hydrogen-bond donors (Lipinski definition) is 0. The molecule has 2 rings (SSSR count). The second-order valence-electron chi connectivity index (χ2n) is 2.79. The average molecular weight is 271 g/mol. The third kappa shape index (κ3) is 1.44. The van der Waals surface area contributed by atoms with Crippen LogP contribution in [0.3, 0.4) is 0 Å². The number of halogens is 1. The molecule has 14 heavy (non-hydrogen) atoms.